The topological polar surface area (TPSA) is 69.7 Å². The van der Waals surface area contributed by atoms with E-state index in [1.807, 2.05) is 56.3 Å². The zero-order valence-electron chi connectivity index (χ0n) is 17.9. The van der Waals surface area contributed by atoms with Crippen LogP contribution in [0.15, 0.2) is 47.4 Å². The Balaban J connectivity index is 1.55. The number of fused-ring (bicyclic) bond motifs is 1. The molecule has 2 aliphatic rings. The molecule has 2 aromatic rings. The van der Waals surface area contributed by atoms with Crippen LogP contribution in [-0.2, 0) is 14.4 Å². The fraction of sp³-hybridized carbons (Fsp3) is 0.375. The lowest BCUT2D eigenvalue weighted by Gasteiger charge is -2.36. The smallest absolute Gasteiger partial charge is 0.250 e. The van der Waals surface area contributed by atoms with Crippen molar-refractivity contribution < 1.29 is 14.4 Å². The van der Waals surface area contributed by atoms with Gasteiger partial charge in [-0.15, -0.1) is 11.8 Å². The minimum atomic E-state index is -0.845. The molecule has 1 fully saturated rings. The summed E-state index contributed by atoms with van der Waals surface area (Å²) in [5.41, 5.74) is 3.49. The highest BCUT2D eigenvalue weighted by Gasteiger charge is 2.40. The van der Waals surface area contributed by atoms with Crippen molar-refractivity contribution >= 4 is 40.9 Å². The lowest BCUT2D eigenvalue weighted by atomic mass is 10.1. The first-order valence-electron chi connectivity index (χ1n) is 10.7. The van der Waals surface area contributed by atoms with Crippen LogP contribution in [0.25, 0.3) is 0 Å². The number of rotatable bonds is 4. The van der Waals surface area contributed by atoms with Crippen molar-refractivity contribution in [3.63, 3.8) is 0 Å². The van der Waals surface area contributed by atoms with Gasteiger partial charge in [0.15, 0.2) is 5.25 Å². The minimum Gasteiger partial charge on any atom is -0.341 e. The molecule has 162 valence electrons. The second-order valence-corrected chi connectivity index (χ2v) is 9.35. The molecule has 31 heavy (non-hydrogen) atoms. The molecule has 0 radical (unpaired) electrons. The quantitative estimate of drug-likeness (QED) is 0.740. The number of hydrogen-bond donors (Lipinski definition) is 1. The van der Waals surface area contributed by atoms with Gasteiger partial charge in [-0.05, 0) is 68.5 Å². The third kappa shape index (κ3) is 4.77. The largest absolute Gasteiger partial charge is 0.341 e. The Bertz CT molecular complexity index is 997. The van der Waals surface area contributed by atoms with Gasteiger partial charge >= 0.3 is 0 Å². The number of nitrogens with zero attached hydrogens (tertiary/aromatic N) is 2. The molecule has 0 unspecified atom stereocenters. The average molecular weight is 438 g/mol. The highest BCUT2D eigenvalue weighted by Crippen LogP contribution is 2.40. The van der Waals surface area contributed by atoms with Gasteiger partial charge in [0.05, 0.1) is 5.69 Å². The molecule has 2 heterocycles. The van der Waals surface area contributed by atoms with Crippen molar-refractivity contribution in [1.82, 2.24) is 4.90 Å². The third-order valence-electron chi connectivity index (χ3n) is 5.59. The molecule has 3 amide bonds. The van der Waals surface area contributed by atoms with Gasteiger partial charge in [0.1, 0.15) is 6.54 Å². The number of amides is 3. The summed E-state index contributed by atoms with van der Waals surface area (Å²) < 4.78 is 0. The summed E-state index contributed by atoms with van der Waals surface area (Å²) in [7, 11) is 0. The Morgan fingerprint density at radius 3 is 2.42 bits per heavy atom. The van der Waals surface area contributed by atoms with Gasteiger partial charge < -0.3 is 15.1 Å². The number of thioether (sulfide) groups is 1. The monoisotopic (exact) mass is 437 g/mol. The van der Waals surface area contributed by atoms with Gasteiger partial charge in [-0.3, -0.25) is 14.4 Å². The molecule has 1 N–H and O–H groups in total. The number of anilines is 2. The van der Waals surface area contributed by atoms with Crippen LogP contribution in [0.4, 0.5) is 11.4 Å². The molecule has 0 aliphatic carbocycles. The van der Waals surface area contributed by atoms with Crippen molar-refractivity contribution in [3.8, 4) is 0 Å². The molecule has 7 heteroatoms. The van der Waals surface area contributed by atoms with Crippen LogP contribution in [0.5, 0.6) is 0 Å². The van der Waals surface area contributed by atoms with Gasteiger partial charge in [-0.1, -0.05) is 18.2 Å². The van der Waals surface area contributed by atoms with Crippen molar-refractivity contribution in [2.45, 2.75) is 43.3 Å². The van der Waals surface area contributed by atoms with E-state index in [1.54, 1.807) is 4.90 Å². The third-order valence-corrected chi connectivity index (χ3v) is 6.83. The summed E-state index contributed by atoms with van der Waals surface area (Å²) in [6, 6.07) is 13.3. The summed E-state index contributed by atoms with van der Waals surface area (Å²) >= 11 is 1.29. The van der Waals surface area contributed by atoms with Gasteiger partial charge in [-0.25, -0.2) is 0 Å². The lowest BCUT2D eigenvalue weighted by molar-refractivity contribution is -0.135. The Morgan fingerprint density at radius 2 is 1.71 bits per heavy atom. The predicted molar refractivity (Wildman–Crippen MR) is 123 cm³/mol. The number of carbonyl (C=O) groups is 3. The maximum Gasteiger partial charge on any atom is 0.250 e. The fourth-order valence-corrected chi connectivity index (χ4v) is 5.40. The Labute approximate surface area is 187 Å². The van der Waals surface area contributed by atoms with Crippen LogP contribution >= 0.6 is 11.8 Å². The maximum absolute atomic E-state index is 13.3. The molecule has 4 rings (SSSR count). The molecular formula is C24H27N3O3S. The van der Waals surface area contributed by atoms with E-state index in [-0.39, 0.29) is 24.3 Å². The van der Waals surface area contributed by atoms with E-state index in [0.717, 1.165) is 35.3 Å². The van der Waals surface area contributed by atoms with Crippen LogP contribution in [0.3, 0.4) is 0 Å². The summed E-state index contributed by atoms with van der Waals surface area (Å²) in [6.07, 6.45) is 3.05. The highest BCUT2D eigenvalue weighted by molar-refractivity contribution is 8.01. The molecule has 1 atom stereocenters. The maximum atomic E-state index is 13.3. The van der Waals surface area contributed by atoms with E-state index in [9.17, 15) is 14.4 Å². The number of hydrogen-bond acceptors (Lipinski definition) is 4. The first kappa shape index (κ1) is 21.4. The van der Waals surface area contributed by atoms with Crippen LogP contribution in [0, 0.1) is 13.8 Å². The summed E-state index contributed by atoms with van der Waals surface area (Å²) in [4.78, 5) is 43.4. The highest BCUT2D eigenvalue weighted by atomic mass is 32.2. The number of aryl methyl sites for hydroxylation is 2. The molecule has 0 saturated carbocycles. The molecule has 1 saturated heterocycles. The van der Waals surface area contributed by atoms with Crippen molar-refractivity contribution in [3.05, 3.63) is 53.6 Å². The van der Waals surface area contributed by atoms with Gasteiger partial charge in [0.2, 0.25) is 11.8 Å². The number of carbonyl (C=O) groups excluding carboxylic acids is 3. The molecule has 0 aromatic heterocycles. The second-order valence-electron chi connectivity index (χ2n) is 8.20. The first-order valence-corrected chi connectivity index (χ1v) is 11.5. The number of benzene rings is 2. The molecule has 0 bridgehead atoms. The molecule has 0 spiro atoms. The normalized spacial score (nSPS) is 18.5. The Hall–Kier alpha value is -2.80. The number of nitrogens with one attached hydrogen (secondary N) is 1. The molecule has 2 aromatic carbocycles. The van der Waals surface area contributed by atoms with Gasteiger partial charge in [-0.2, -0.15) is 0 Å². The zero-order chi connectivity index (χ0) is 22.0. The second kappa shape index (κ2) is 9.14. The summed E-state index contributed by atoms with van der Waals surface area (Å²) in [5, 5.41) is 2.05. The number of para-hydroxylation sites is 1. The van der Waals surface area contributed by atoms with Gasteiger partial charge in [0.25, 0.3) is 5.91 Å². The average Bonchev–Trinajstić information content (AvgIpc) is 2.75. The van der Waals surface area contributed by atoms with Gasteiger partial charge in [0, 0.05) is 23.7 Å². The first-order chi connectivity index (χ1) is 14.9. The molecular weight excluding hydrogens is 410 g/mol. The van der Waals surface area contributed by atoms with Crippen LogP contribution in [-0.4, -0.2) is 47.5 Å². The van der Waals surface area contributed by atoms with Crippen molar-refractivity contribution in [2.75, 3.05) is 29.9 Å². The van der Waals surface area contributed by atoms with E-state index in [4.69, 9.17) is 0 Å². The van der Waals surface area contributed by atoms with E-state index < -0.39 is 5.25 Å². The minimum absolute atomic E-state index is 0.132. The lowest BCUT2D eigenvalue weighted by Crippen LogP contribution is -2.52. The van der Waals surface area contributed by atoms with E-state index >= 15 is 0 Å². The van der Waals surface area contributed by atoms with E-state index in [1.165, 1.54) is 16.7 Å². The van der Waals surface area contributed by atoms with E-state index in [0.29, 0.717) is 24.5 Å². The summed E-state index contributed by atoms with van der Waals surface area (Å²) in [6.45, 7) is 5.20. The van der Waals surface area contributed by atoms with Crippen molar-refractivity contribution in [1.29, 1.82) is 0 Å². The van der Waals surface area contributed by atoms with E-state index in [2.05, 4.69) is 5.32 Å². The fourth-order valence-electron chi connectivity index (χ4n) is 4.21. The SMILES string of the molecule is Cc1cc(C)cc(NC(=O)CN2C(=O)[C@H](C(=O)N3CCCCC3)Sc3ccccc32)c1. The number of likely N-dealkylation sites (tertiary alicyclic amines) is 1. The van der Waals surface area contributed by atoms with Crippen LogP contribution in [0.2, 0.25) is 0 Å². The standard InChI is InChI=1S/C24H27N3O3S/c1-16-12-17(2)14-18(13-16)25-21(28)15-27-19-8-4-5-9-20(19)31-22(24(27)30)23(29)26-10-6-3-7-11-26/h4-5,8-9,12-14,22H,3,6-7,10-11,15H2,1-2H3,(H,25,28)/t22-/m0/s1. The molecule has 2 aliphatic heterocycles. The predicted octanol–water partition coefficient (Wildman–Crippen LogP) is 3.76. The Morgan fingerprint density at radius 1 is 1.03 bits per heavy atom. The summed E-state index contributed by atoms with van der Waals surface area (Å²) in [5.74, 6) is -0.761. The van der Waals surface area contributed by atoms with Crippen LogP contribution in [0.1, 0.15) is 30.4 Å². The van der Waals surface area contributed by atoms with Crippen LogP contribution < -0.4 is 10.2 Å². The zero-order valence-corrected chi connectivity index (χ0v) is 18.7. The Kier molecular flexibility index (Phi) is 6.32. The van der Waals surface area contributed by atoms with Crippen molar-refractivity contribution in [2.24, 2.45) is 0 Å². The number of piperidine rings is 1. The molecule has 6 nitrogen and oxygen atoms in total.